The Morgan fingerprint density at radius 2 is 1.45 bits per heavy atom. The minimum absolute atomic E-state index is 0.249. The van der Waals surface area contributed by atoms with Crippen molar-refractivity contribution < 1.29 is 19.4 Å². The second kappa shape index (κ2) is 9.32. The molecule has 0 spiro atoms. The zero-order valence-corrected chi connectivity index (χ0v) is 16.1. The van der Waals surface area contributed by atoms with Crippen LogP contribution in [0.1, 0.15) is 27.0 Å². The van der Waals surface area contributed by atoms with Gasteiger partial charge in [0.25, 0.3) is 0 Å². The van der Waals surface area contributed by atoms with Gasteiger partial charge in [-0.15, -0.1) is 0 Å². The molecule has 0 saturated carbocycles. The van der Waals surface area contributed by atoms with Crippen LogP contribution in [-0.2, 0) is 0 Å². The Kier molecular flexibility index (Phi) is 6.37. The van der Waals surface area contributed by atoms with Crippen molar-refractivity contribution in [3.63, 3.8) is 0 Å². The van der Waals surface area contributed by atoms with Gasteiger partial charge in [-0.2, -0.15) is 10.2 Å². The van der Waals surface area contributed by atoms with Crippen LogP contribution in [0.5, 0.6) is 17.2 Å². The van der Waals surface area contributed by atoms with Gasteiger partial charge in [0.2, 0.25) is 0 Å². The topological polar surface area (TPSA) is 80.5 Å². The standard InChI is InChI=1S/C23H20N2O4/c1-16-13-18(5-12-22(16)26)15-25-24-14-17-3-8-21(9-4-17)29-23(27)19-6-10-20(28-2)11-7-19/h3-15,26H,1-2H3/b24-14+,25-15+. The summed E-state index contributed by atoms with van der Waals surface area (Å²) in [6.45, 7) is 1.82. The number of hydrogen-bond donors (Lipinski definition) is 1. The van der Waals surface area contributed by atoms with Gasteiger partial charge in [-0.3, -0.25) is 0 Å². The summed E-state index contributed by atoms with van der Waals surface area (Å²) in [7, 11) is 1.57. The largest absolute Gasteiger partial charge is 0.508 e. The lowest BCUT2D eigenvalue weighted by atomic mass is 10.1. The number of benzene rings is 3. The molecule has 0 amide bonds. The van der Waals surface area contributed by atoms with Crippen molar-refractivity contribution >= 4 is 18.4 Å². The van der Waals surface area contributed by atoms with E-state index in [1.807, 2.05) is 13.0 Å². The van der Waals surface area contributed by atoms with Gasteiger partial charge in [0.15, 0.2) is 0 Å². The molecule has 0 aliphatic rings. The smallest absolute Gasteiger partial charge is 0.343 e. The van der Waals surface area contributed by atoms with Crippen molar-refractivity contribution in [1.82, 2.24) is 0 Å². The first kappa shape index (κ1) is 19.8. The Bertz CT molecular complexity index is 1040. The molecule has 1 N–H and O–H groups in total. The van der Waals surface area contributed by atoms with Gasteiger partial charge in [0, 0.05) is 0 Å². The van der Waals surface area contributed by atoms with Crippen molar-refractivity contribution in [2.45, 2.75) is 6.92 Å². The minimum Gasteiger partial charge on any atom is -0.508 e. The third-order valence-corrected chi connectivity index (χ3v) is 4.12. The van der Waals surface area contributed by atoms with E-state index in [4.69, 9.17) is 9.47 Å². The molecule has 0 aliphatic carbocycles. The molecule has 6 nitrogen and oxygen atoms in total. The number of aromatic hydroxyl groups is 1. The number of rotatable bonds is 6. The van der Waals surface area contributed by atoms with Crippen LogP contribution in [0, 0.1) is 6.92 Å². The van der Waals surface area contributed by atoms with E-state index in [-0.39, 0.29) is 5.75 Å². The first-order chi connectivity index (χ1) is 14.0. The van der Waals surface area contributed by atoms with Crippen LogP contribution in [0.4, 0.5) is 0 Å². The molecule has 3 rings (SSSR count). The number of nitrogens with zero attached hydrogens (tertiary/aromatic N) is 2. The normalized spacial score (nSPS) is 11.1. The van der Waals surface area contributed by atoms with Crippen molar-refractivity contribution in [2.75, 3.05) is 7.11 Å². The summed E-state index contributed by atoms with van der Waals surface area (Å²) >= 11 is 0. The van der Waals surface area contributed by atoms with E-state index in [1.54, 1.807) is 80.2 Å². The first-order valence-electron chi connectivity index (χ1n) is 8.87. The number of esters is 1. The molecule has 146 valence electrons. The summed E-state index contributed by atoms with van der Waals surface area (Å²) in [6, 6.07) is 18.8. The Hall–Kier alpha value is -3.93. The highest BCUT2D eigenvalue weighted by Crippen LogP contribution is 2.17. The number of methoxy groups -OCH3 is 1. The van der Waals surface area contributed by atoms with E-state index < -0.39 is 5.97 Å². The van der Waals surface area contributed by atoms with Crippen LogP contribution in [0.2, 0.25) is 0 Å². The maximum absolute atomic E-state index is 12.2. The number of hydrogen-bond acceptors (Lipinski definition) is 6. The third kappa shape index (κ3) is 5.52. The lowest BCUT2D eigenvalue weighted by molar-refractivity contribution is 0.0734. The molecule has 0 unspecified atom stereocenters. The molecule has 29 heavy (non-hydrogen) atoms. The van der Waals surface area contributed by atoms with Crippen molar-refractivity contribution in [3.8, 4) is 17.2 Å². The van der Waals surface area contributed by atoms with Crippen molar-refractivity contribution in [2.24, 2.45) is 10.2 Å². The molecule has 0 aromatic heterocycles. The molecular weight excluding hydrogens is 368 g/mol. The fraction of sp³-hybridized carbons (Fsp3) is 0.0870. The van der Waals surface area contributed by atoms with Gasteiger partial charge in [-0.05, 0) is 90.3 Å². The number of carbonyl (C=O) groups is 1. The molecule has 0 atom stereocenters. The highest BCUT2D eigenvalue weighted by Gasteiger charge is 2.08. The highest BCUT2D eigenvalue weighted by molar-refractivity contribution is 5.91. The maximum Gasteiger partial charge on any atom is 0.343 e. The van der Waals surface area contributed by atoms with Crippen molar-refractivity contribution in [1.29, 1.82) is 0 Å². The van der Waals surface area contributed by atoms with E-state index in [2.05, 4.69) is 10.2 Å². The molecule has 6 heteroatoms. The number of carbonyl (C=O) groups excluding carboxylic acids is 1. The van der Waals surface area contributed by atoms with E-state index in [0.29, 0.717) is 17.1 Å². The van der Waals surface area contributed by atoms with Gasteiger partial charge < -0.3 is 14.6 Å². The molecule has 3 aromatic rings. The Balaban J connectivity index is 1.57. The second-order valence-electron chi connectivity index (χ2n) is 6.22. The summed E-state index contributed by atoms with van der Waals surface area (Å²) in [5.41, 5.74) is 2.87. The van der Waals surface area contributed by atoms with Crippen LogP contribution in [0.3, 0.4) is 0 Å². The molecule has 0 radical (unpaired) electrons. The van der Waals surface area contributed by atoms with Gasteiger partial charge in [-0.25, -0.2) is 4.79 Å². The molecule has 0 bridgehead atoms. The number of phenols is 1. The van der Waals surface area contributed by atoms with E-state index in [1.165, 1.54) is 0 Å². The predicted octanol–water partition coefficient (Wildman–Crippen LogP) is 4.38. The summed E-state index contributed by atoms with van der Waals surface area (Å²) in [6.07, 6.45) is 3.20. The Morgan fingerprint density at radius 3 is 2.07 bits per heavy atom. The molecule has 0 heterocycles. The lowest BCUT2D eigenvalue weighted by Crippen LogP contribution is -2.08. The molecule has 0 fully saturated rings. The Morgan fingerprint density at radius 1 is 0.862 bits per heavy atom. The van der Waals surface area contributed by atoms with E-state index in [0.717, 1.165) is 16.7 Å². The Labute approximate surface area is 168 Å². The van der Waals surface area contributed by atoms with Crippen LogP contribution in [0.15, 0.2) is 76.9 Å². The molecule has 3 aromatic carbocycles. The minimum atomic E-state index is -0.442. The number of ether oxygens (including phenoxy) is 2. The summed E-state index contributed by atoms with van der Waals surface area (Å²) in [5.74, 6) is 0.917. The van der Waals surface area contributed by atoms with Gasteiger partial charge in [0.1, 0.15) is 17.2 Å². The van der Waals surface area contributed by atoms with Crippen molar-refractivity contribution in [3.05, 3.63) is 89.0 Å². The fourth-order valence-corrected chi connectivity index (χ4v) is 2.47. The molecular formula is C23H20N2O4. The third-order valence-electron chi connectivity index (χ3n) is 4.12. The number of phenolic OH excluding ortho intramolecular Hbond substituents is 1. The molecule has 0 aliphatic heterocycles. The van der Waals surface area contributed by atoms with Gasteiger partial charge in [-0.1, -0.05) is 0 Å². The van der Waals surface area contributed by atoms with E-state index >= 15 is 0 Å². The summed E-state index contributed by atoms with van der Waals surface area (Å²) in [5, 5.41) is 17.5. The zero-order chi connectivity index (χ0) is 20.6. The van der Waals surface area contributed by atoms with Crippen LogP contribution < -0.4 is 9.47 Å². The van der Waals surface area contributed by atoms with Crippen LogP contribution in [0.25, 0.3) is 0 Å². The van der Waals surface area contributed by atoms with Crippen LogP contribution in [-0.4, -0.2) is 30.6 Å². The van der Waals surface area contributed by atoms with Gasteiger partial charge in [0.05, 0.1) is 25.1 Å². The summed E-state index contributed by atoms with van der Waals surface area (Å²) in [4.78, 5) is 12.2. The van der Waals surface area contributed by atoms with Gasteiger partial charge >= 0.3 is 5.97 Å². The van der Waals surface area contributed by atoms with E-state index in [9.17, 15) is 9.90 Å². The average Bonchev–Trinajstić information content (AvgIpc) is 2.75. The van der Waals surface area contributed by atoms with Crippen LogP contribution >= 0.6 is 0 Å². The summed E-state index contributed by atoms with van der Waals surface area (Å²) < 4.78 is 10.4. The first-order valence-corrected chi connectivity index (χ1v) is 8.87. The molecule has 0 saturated heterocycles. The maximum atomic E-state index is 12.2. The predicted molar refractivity (Wildman–Crippen MR) is 112 cm³/mol. The zero-order valence-electron chi connectivity index (χ0n) is 16.1. The number of aryl methyl sites for hydroxylation is 1. The SMILES string of the molecule is COc1ccc(C(=O)Oc2ccc(/C=N/N=C/c3ccc(O)c(C)c3)cc2)cc1. The quantitative estimate of drug-likeness (QED) is 0.294. The monoisotopic (exact) mass is 388 g/mol. The fourth-order valence-electron chi connectivity index (χ4n) is 2.47. The lowest BCUT2D eigenvalue weighted by Gasteiger charge is -2.05. The average molecular weight is 388 g/mol. The second-order valence-corrected chi connectivity index (χ2v) is 6.22. The highest BCUT2D eigenvalue weighted by atomic mass is 16.5.